The predicted octanol–water partition coefficient (Wildman–Crippen LogP) is 2.68. The molecule has 1 aliphatic heterocycles. The van der Waals surface area contributed by atoms with Crippen molar-refractivity contribution in [3.05, 3.63) is 29.8 Å². The van der Waals surface area contributed by atoms with Gasteiger partial charge >= 0.3 is 6.03 Å². The second kappa shape index (κ2) is 4.85. The van der Waals surface area contributed by atoms with Gasteiger partial charge in [0.05, 0.1) is 5.69 Å². The van der Waals surface area contributed by atoms with Crippen molar-refractivity contribution in [2.75, 3.05) is 11.4 Å². The first-order valence-electron chi connectivity index (χ1n) is 6.66. The maximum Gasteiger partial charge on any atom is 0.332 e. The summed E-state index contributed by atoms with van der Waals surface area (Å²) in [5, 5.41) is 0. The summed E-state index contributed by atoms with van der Waals surface area (Å²) in [4.78, 5) is 26.7. The lowest BCUT2D eigenvalue weighted by molar-refractivity contribution is -0.116. The van der Waals surface area contributed by atoms with Gasteiger partial charge in [-0.1, -0.05) is 12.8 Å². The topological polar surface area (TPSA) is 40.6 Å². The normalized spacial score (nSPS) is 20.3. The number of halogens is 2. The van der Waals surface area contributed by atoms with Crippen LogP contribution >= 0.6 is 0 Å². The van der Waals surface area contributed by atoms with E-state index < -0.39 is 23.6 Å². The lowest BCUT2D eigenvalue weighted by Gasteiger charge is -2.22. The summed E-state index contributed by atoms with van der Waals surface area (Å²) in [6, 6.07) is 2.29. The van der Waals surface area contributed by atoms with Gasteiger partial charge in [-0.3, -0.25) is 4.79 Å². The molecule has 0 spiro atoms. The summed E-state index contributed by atoms with van der Waals surface area (Å²) in [6.45, 7) is -0.0123. The van der Waals surface area contributed by atoms with Gasteiger partial charge in [0, 0.05) is 12.1 Å². The van der Waals surface area contributed by atoms with Gasteiger partial charge in [-0.15, -0.1) is 0 Å². The lowest BCUT2D eigenvalue weighted by atomic mass is 10.2. The zero-order valence-electron chi connectivity index (χ0n) is 10.8. The molecule has 2 fully saturated rings. The van der Waals surface area contributed by atoms with Crippen LogP contribution in [0.3, 0.4) is 0 Å². The molecule has 1 saturated carbocycles. The van der Waals surface area contributed by atoms with E-state index in [9.17, 15) is 18.4 Å². The van der Waals surface area contributed by atoms with E-state index in [0.717, 1.165) is 42.7 Å². The van der Waals surface area contributed by atoms with E-state index in [4.69, 9.17) is 0 Å². The molecule has 1 saturated heterocycles. The number of hydrogen-bond donors (Lipinski definition) is 0. The van der Waals surface area contributed by atoms with Crippen LogP contribution in [0.1, 0.15) is 25.7 Å². The molecule has 4 nitrogen and oxygen atoms in total. The van der Waals surface area contributed by atoms with Crippen molar-refractivity contribution < 1.29 is 18.4 Å². The Balaban J connectivity index is 1.89. The minimum absolute atomic E-state index is 0.0123. The predicted molar refractivity (Wildman–Crippen MR) is 68.2 cm³/mol. The fraction of sp³-hybridized carbons (Fsp3) is 0.429. The van der Waals surface area contributed by atoms with E-state index in [1.165, 1.54) is 4.90 Å². The number of carbonyl (C=O) groups excluding carboxylic acids is 2. The summed E-state index contributed by atoms with van der Waals surface area (Å²) in [6.07, 6.45) is 3.84. The third-order valence-corrected chi connectivity index (χ3v) is 3.86. The smallest absolute Gasteiger partial charge is 0.312 e. The summed E-state index contributed by atoms with van der Waals surface area (Å²) in [5.41, 5.74) is -0.0435. The highest BCUT2D eigenvalue weighted by atomic mass is 19.1. The van der Waals surface area contributed by atoms with Crippen molar-refractivity contribution in [1.29, 1.82) is 0 Å². The number of imide groups is 1. The van der Waals surface area contributed by atoms with Crippen LogP contribution in [0.5, 0.6) is 0 Å². The Kier molecular flexibility index (Phi) is 3.16. The Hall–Kier alpha value is -1.98. The highest BCUT2D eigenvalue weighted by Gasteiger charge is 2.41. The first kappa shape index (κ1) is 13.0. The molecule has 3 amide bonds. The van der Waals surface area contributed by atoms with Crippen molar-refractivity contribution in [3.63, 3.8) is 0 Å². The van der Waals surface area contributed by atoms with E-state index in [1.807, 2.05) is 0 Å². The number of anilines is 1. The van der Waals surface area contributed by atoms with Gasteiger partial charge in [-0.2, -0.15) is 0 Å². The Morgan fingerprint density at radius 3 is 2.20 bits per heavy atom. The average molecular weight is 280 g/mol. The third kappa shape index (κ3) is 2.15. The van der Waals surface area contributed by atoms with Crippen molar-refractivity contribution >= 4 is 17.6 Å². The van der Waals surface area contributed by atoms with E-state index in [2.05, 4.69) is 0 Å². The van der Waals surface area contributed by atoms with Gasteiger partial charge in [0.1, 0.15) is 18.2 Å². The van der Waals surface area contributed by atoms with Gasteiger partial charge in [0.15, 0.2) is 0 Å². The highest BCUT2D eigenvalue weighted by Crippen LogP contribution is 2.30. The molecule has 0 radical (unpaired) electrons. The molecule has 20 heavy (non-hydrogen) atoms. The number of nitrogens with zero attached hydrogens (tertiary/aromatic N) is 2. The minimum atomic E-state index is -0.806. The molecule has 1 aromatic rings. The number of amides is 3. The van der Waals surface area contributed by atoms with Crippen LogP contribution in [0, 0.1) is 11.6 Å². The molecular weight excluding hydrogens is 266 g/mol. The Bertz CT molecular complexity index is 550. The van der Waals surface area contributed by atoms with Crippen molar-refractivity contribution in [1.82, 2.24) is 4.90 Å². The molecule has 1 heterocycles. The van der Waals surface area contributed by atoms with Gasteiger partial charge in [-0.25, -0.2) is 18.5 Å². The molecule has 0 bridgehead atoms. The highest BCUT2D eigenvalue weighted by molar-refractivity contribution is 6.19. The molecule has 2 aliphatic rings. The number of rotatable bonds is 2. The molecule has 3 rings (SSSR count). The number of hydrogen-bond acceptors (Lipinski definition) is 2. The monoisotopic (exact) mass is 280 g/mol. The van der Waals surface area contributed by atoms with Crippen molar-refractivity contribution in [3.8, 4) is 0 Å². The molecule has 1 aromatic carbocycles. The molecule has 6 heteroatoms. The Morgan fingerprint density at radius 2 is 1.60 bits per heavy atom. The van der Waals surface area contributed by atoms with Crippen LogP contribution in [-0.2, 0) is 4.79 Å². The first-order chi connectivity index (χ1) is 9.56. The quantitative estimate of drug-likeness (QED) is 0.781. The van der Waals surface area contributed by atoms with Gasteiger partial charge < -0.3 is 4.90 Å². The maximum absolute atomic E-state index is 13.2. The second-order valence-corrected chi connectivity index (χ2v) is 5.21. The van der Waals surface area contributed by atoms with Crippen LogP contribution in [0.2, 0.25) is 0 Å². The fourth-order valence-electron chi connectivity index (χ4n) is 2.94. The van der Waals surface area contributed by atoms with E-state index in [0.29, 0.717) is 6.07 Å². The molecule has 0 atom stereocenters. The molecule has 0 aromatic heterocycles. The van der Waals surface area contributed by atoms with Crippen LogP contribution in [0.25, 0.3) is 0 Å². The molecule has 0 N–H and O–H groups in total. The molecule has 106 valence electrons. The fourth-order valence-corrected chi connectivity index (χ4v) is 2.94. The largest absolute Gasteiger partial charge is 0.332 e. The first-order valence-corrected chi connectivity index (χ1v) is 6.66. The van der Waals surface area contributed by atoms with Gasteiger partial charge in [-0.05, 0) is 25.0 Å². The summed E-state index contributed by atoms with van der Waals surface area (Å²) in [7, 11) is 0. The van der Waals surface area contributed by atoms with Gasteiger partial charge in [0.2, 0.25) is 0 Å². The standard InChI is InChI=1S/C14H14F2N2O2/c15-9-5-10(16)7-12(6-9)18-13(19)8-17(14(18)20)11-3-1-2-4-11/h5-7,11H,1-4,8H2. The van der Waals surface area contributed by atoms with Crippen LogP contribution in [0.4, 0.5) is 19.3 Å². The van der Waals surface area contributed by atoms with Gasteiger partial charge in [0.25, 0.3) is 5.91 Å². The number of carbonyl (C=O) groups is 2. The lowest BCUT2D eigenvalue weighted by Crippen LogP contribution is -2.38. The van der Waals surface area contributed by atoms with E-state index in [-0.39, 0.29) is 18.3 Å². The zero-order valence-corrected chi connectivity index (χ0v) is 10.8. The maximum atomic E-state index is 13.2. The van der Waals surface area contributed by atoms with E-state index in [1.54, 1.807) is 0 Å². The molecule has 0 unspecified atom stereocenters. The molecular formula is C14H14F2N2O2. The summed E-state index contributed by atoms with van der Waals surface area (Å²) < 4.78 is 26.5. The second-order valence-electron chi connectivity index (χ2n) is 5.21. The van der Waals surface area contributed by atoms with Crippen molar-refractivity contribution in [2.45, 2.75) is 31.7 Å². The minimum Gasteiger partial charge on any atom is -0.312 e. The van der Waals surface area contributed by atoms with Crippen molar-refractivity contribution in [2.24, 2.45) is 0 Å². The van der Waals surface area contributed by atoms with E-state index >= 15 is 0 Å². The number of urea groups is 1. The Labute approximate surface area is 115 Å². The Morgan fingerprint density at radius 1 is 1.00 bits per heavy atom. The average Bonchev–Trinajstić information content (AvgIpc) is 2.96. The summed E-state index contributed by atoms with van der Waals surface area (Å²) >= 11 is 0. The van der Waals surface area contributed by atoms with Crippen LogP contribution in [0.15, 0.2) is 18.2 Å². The molecule has 1 aliphatic carbocycles. The zero-order chi connectivity index (χ0) is 14.3. The summed E-state index contributed by atoms with van der Waals surface area (Å²) in [5.74, 6) is -2.05. The van der Waals surface area contributed by atoms with Crippen LogP contribution in [-0.4, -0.2) is 29.4 Å². The number of benzene rings is 1. The third-order valence-electron chi connectivity index (χ3n) is 3.86. The van der Waals surface area contributed by atoms with Crippen LogP contribution < -0.4 is 4.90 Å². The SMILES string of the molecule is O=C1CN(C2CCCC2)C(=O)N1c1cc(F)cc(F)c1.